The van der Waals surface area contributed by atoms with Gasteiger partial charge in [-0.25, -0.2) is 0 Å². The van der Waals surface area contributed by atoms with Crippen molar-refractivity contribution < 1.29 is 16.5 Å². The van der Waals surface area contributed by atoms with Crippen LogP contribution < -0.4 is 0 Å². The first-order valence-corrected chi connectivity index (χ1v) is 10.2. The smallest absolute Gasteiger partial charge is 0.0639 e. The fraction of sp³-hybridized carbons (Fsp3) is 0.440. The van der Waals surface area contributed by atoms with Gasteiger partial charge in [-0.2, -0.15) is 0 Å². The van der Waals surface area contributed by atoms with Crippen LogP contribution in [0.4, 0.5) is 11.4 Å². The van der Waals surface area contributed by atoms with Crippen LogP contribution in [0.3, 0.4) is 0 Å². The van der Waals surface area contributed by atoms with Gasteiger partial charge in [0.25, 0.3) is 0 Å². The first-order valence-electron chi connectivity index (χ1n) is 10.2. The molecule has 0 spiro atoms. The predicted molar refractivity (Wildman–Crippen MR) is 120 cm³/mol. The van der Waals surface area contributed by atoms with Gasteiger partial charge in [0, 0.05) is 16.5 Å². The van der Waals surface area contributed by atoms with Crippen molar-refractivity contribution in [3.05, 3.63) is 58.7 Å². The van der Waals surface area contributed by atoms with Crippen LogP contribution in [0, 0.1) is 27.7 Å². The molecule has 0 bridgehead atoms. The Labute approximate surface area is 181 Å². The number of rotatable bonds is 8. The Hall–Kier alpha value is -1.73. The standard InChI is InChI=1S/C25H34N2.Ni/c1-7-9-11-25(27-23-16-20(5)13-21(6)17-23)24(10-8-2)26-22-14-18(3)12-19(4)15-22;/h12-17H,7-11H2,1-6H3;/b26-24+,27-25+;. The van der Waals surface area contributed by atoms with Crippen LogP contribution in [0.2, 0.25) is 0 Å². The molecule has 0 atom stereocenters. The zero-order valence-electron chi connectivity index (χ0n) is 18.2. The van der Waals surface area contributed by atoms with Crippen molar-refractivity contribution in [1.82, 2.24) is 0 Å². The minimum absolute atomic E-state index is 0. The van der Waals surface area contributed by atoms with E-state index >= 15 is 0 Å². The molecule has 0 aliphatic heterocycles. The van der Waals surface area contributed by atoms with Crippen molar-refractivity contribution in [2.45, 2.75) is 73.6 Å². The quantitative estimate of drug-likeness (QED) is 0.308. The van der Waals surface area contributed by atoms with Crippen molar-refractivity contribution in [2.75, 3.05) is 0 Å². The minimum Gasteiger partial charge on any atom is -0.252 e. The Morgan fingerprint density at radius 1 is 0.607 bits per heavy atom. The second-order valence-electron chi connectivity index (χ2n) is 7.66. The van der Waals surface area contributed by atoms with E-state index in [4.69, 9.17) is 9.98 Å². The number of nitrogens with zero attached hydrogens (tertiary/aromatic N) is 2. The maximum absolute atomic E-state index is 5.06. The van der Waals surface area contributed by atoms with Crippen molar-refractivity contribution in [3.8, 4) is 0 Å². The molecule has 2 aromatic carbocycles. The normalized spacial score (nSPS) is 12.1. The second-order valence-corrected chi connectivity index (χ2v) is 7.66. The van der Waals surface area contributed by atoms with Gasteiger partial charge in [-0.3, -0.25) is 9.98 Å². The maximum atomic E-state index is 5.06. The fourth-order valence-electron chi connectivity index (χ4n) is 3.45. The molecule has 0 fully saturated rings. The maximum Gasteiger partial charge on any atom is 0.0639 e. The van der Waals surface area contributed by atoms with Crippen molar-refractivity contribution in [3.63, 3.8) is 0 Å². The van der Waals surface area contributed by atoms with Crippen molar-refractivity contribution in [2.24, 2.45) is 9.98 Å². The van der Waals surface area contributed by atoms with Crippen LogP contribution in [-0.2, 0) is 16.5 Å². The summed E-state index contributed by atoms with van der Waals surface area (Å²) in [6, 6.07) is 13.0. The Bertz CT molecular complexity index is 794. The van der Waals surface area contributed by atoms with Gasteiger partial charge < -0.3 is 0 Å². The number of hydrogen-bond donors (Lipinski definition) is 0. The van der Waals surface area contributed by atoms with E-state index in [0.29, 0.717) is 0 Å². The zero-order valence-corrected chi connectivity index (χ0v) is 19.2. The number of benzene rings is 2. The molecule has 28 heavy (non-hydrogen) atoms. The van der Waals surface area contributed by atoms with E-state index in [1.165, 1.54) is 22.3 Å². The molecule has 0 heterocycles. The van der Waals surface area contributed by atoms with Crippen LogP contribution >= 0.6 is 0 Å². The molecule has 2 rings (SSSR count). The molecule has 0 amide bonds. The Morgan fingerprint density at radius 2 is 1.00 bits per heavy atom. The first kappa shape index (κ1) is 24.3. The molecule has 0 radical (unpaired) electrons. The molecule has 0 aliphatic carbocycles. The van der Waals surface area contributed by atoms with Gasteiger partial charge in [-0.05, 0) is 93.5 Å². The SMILES string of the molecule is CCCCC(=N\c1cc(C)cc(C)c1)/C(CCC)=N/c1cc(C)cc(C)c1.[Ni]. The molecular weight excluding hydrogens is 387 g/mol. The van der Waals surface area contributed by atoms with Gasteiger partial charge in [0.1, 0.15) is 0 Å². The van der Waals surface area contributed by atoms with E-state index in [0.717, 1.165) is 54.9 Å². The van der Waals surface area contributed by atoms with Crippen LogP contribution in [-0.4, -0.2) is 11.4 Å². The number of aliphatic imine (C=N–C) groups is 2. The predicted octanol–water partition coefficient (Wildman–Crippen LogP) is 7.75. The van der Waals surface area contributed by atoms with E-state index < -0.39 is 0 Å². The van der Waals surface area contributed by atoms with Gasteiger partial charge in [0.2, 0.25) is 0 Å². The zero-order chi connectivity index (χ0) is 19.8. The summed E-state index contributed by atoms with van der Waals surface area (Å²) >= 11 is 0. The summed E-state index contributed by atoms with van der Waals surface area (Å²) in [5.74, 6) is 0. The molecule has 0 saturated heterocycles. The molecule has 0 aliphatic rings. The molecule has 0 aromatic heterocycles. The Kier molecular flexibility index (Phi) is 10.4. The van der Waals surface area contributed by atoms with Gasteiger partial charge in [-0.15, -0.1) is 0 Å². The number of aryl methyl sites for hydroxylation is 4. The molecule has 2 aromatic rings. The molecule has 0 unspecified atom stereocenters. The topological polar surface area (TPSA) is 24.7 Å². The van der Waals surface area contributed by atoms with Crippen LogP contribution in [0.5, 0.6) is 0 Å². The van der Waals surface area contributed by atoms with Crippen LogP contribution in [0.15, 0.2) is 46.4 Å². The molecule has 0 N–H and O–H groups in total. The molecule has 3 heteroatoms. The minimum atomic E-state index is 0. The van der Waals surface area contributed by atoms with Crippen molar-refractivity contribution in [1.29, 1.82) is 0 Å². The summed E-state index contributed by atoms with van der Waals surface area (Å²) in [6.07, 6.45) is 5.31. The van der Waals surface area contributed by atoms with Gasteiger partial charge in [0.05, 0.1) is 22.8 Å². The van der Waals surface area contributed by atoms with Gasteiger partial charge in [-0.1, -0.05) is 38.8 Å². The fourth-order valence-corrected chi connectivity index (χ4v) is 3.45. The summed E-state index contributed by atoms with van der Waals surface area (Å²) in [6.45, 7) is 13.0. The third-order valence-electron chi connectivity index (χ3n) is 4.53. The third-order valence-corrected chi connectivity index (χ3v) is 4.53. The van der Waals surface area contributed by atoms with E-state index in [9.17, 15) is 0 Å². The average Bonchev–Trinajstić information content (AvgIpc) is 2.56. The van der Waals surface area contributed by atoms with E-state index in [-0.39, 0.29) is 16.5 Å². The molecule has 0 saturated carbocycles. The molecule has 2 nitrogen and oxygen atoms in total. The third kappa shape index (κ3) is 7.72. The second kappa shape index (κ2) is 12.0. The van der Waals surface area contributed by atoms with E-state index in [1.54, 1.807) is 0 Å². The summed E-state index contributed by atoms with van der Waals surface area (Å²) in [5.41, 5.74) is 9.39. The largest absolute Gasteiger partial charge is 0.252 e. The van der Waals surface area contributed by atoms with E-state index in [1.807, 2.05) is 0 Å². The monoisotopic (exact) mass is 420 g/mol. The number of hydrogen-bond acceptors (Lipinski definition) is 2. The van der Waals surface area contributed by atoms with E-state index in [2.05, 4.69) is 77.9 Å². The van der Waals surface area contributed by atoms with Gasteiger partial charge in [0.15, 0.2) is 0 Å². The van der Waals surface area contributed by atoms with Crippen molar-refractivity contribution >= 4 is 22.8 Å². The van der Waals surface area contributed by atoms with Crippen LogP contribution in [0.25, 0.3) is 0 Å². The van der Waals surface area contributed by atoms with Gasteiger partial charge >= 0.3 is 0 Å². The summed E-state index contributed by atoms with van der Waals surface area (Å²) in [7, 11) is 0. The Morgan fingerprint density at radius 3 is 1.36 bits per heavy atom. The number of unbranched alkanes of at least 4 members (excludes halogenated alkanes) is 1. The average molecular weight is 421 g/mol. The summed E-state index contributed by atoms with van der Waals surface area (Å²) in [4.78, 5) is 10.1. The Balaban J connectivity index is 0.00000392. The van der Waals surface area contributed by atoms with Crippen LogP contribution in [0.1, 0.15) is 68.2 Å². The first-order chi connectivity index (χ1) is 12.9. The molecular formula is C25H34N2Ni. The molecule has 154 valence electrons. The summed E-state index contributed by atoms with van der Waals surface area (Å²) < 4.78 is 0. The summed E-state index contributed by atoms with van der Waals surface area (Å²) in [5, 5.41) is 0.